The maximum atomic E-state index is 12.1. The van der Waals surface area contributed by atoms with Crippen molar-refractivity contribution in [3.8, 4) is 0 Å². The molecule has 1 amide bonds. The van der Waals surface area contributed by atoms with Crippen LogP contribution in [0.3, 0.4) is 0 Å². The molecule has 0 saturated carbocycles. The summed E-state index contributed by atoms with van der Waals surface area (Å²) in [5.41, 5.74) is 0.401. The minimum Gasteiger partial charge on any atom is -0.346 e. The van der Waals surface area contributed by atoms with Crippen LogP contribution in [0.1, 0.15) is 28.0 Å². The van der Waals surface area contributed by atoms with Gasteiger partial charge in [0.05, 0.1) is 22.2 Å². The van der Waals surface area contributed by atoms with Gasteiger partial charge in [0.2, 0.25) is 0 Å². The quantitative estimate of drug-likeness (QED) is 0.675. The number of carbonyl (C=O) groups excluding carboxylic acids is 1. The summed E-state index contributed by atoms with van der Waals surface area (Å²) in [6.07, 6.45) is 0.832. The summed E-state index contributed by atoms with van der Waals surface area (Å²) in [5, 5.41) is 16.6. The number of nitro groups is 1. The van der Waals surface area contributed by atoms with E-state index in [1.165, 1.54) is 29.5 Å². The molecule has 2 rings (SSSR count). The second-order valence-electron chi connectivity index (χ2n) is 4.19. The molecule has 1 aromatic carbocycles. The maximum Gasteiger partial charge on any atom is 0.282 e. The molecule has 0 aliphatic heterocycles. The molecule has 0 bridgehead atoms. The molecule has 0 atom stereocenters. The number of nitrogens with zero attached hydrogens (tertiary/aromatic N) is 2. The van der Waals surface area contributed by atoms with E-state index in [0.717, 1.165) is 17.1 Å². The van der Waals surface area contributed by atoms with Crippen LogP contribution < -0.4 is 5.32 Å². The number of nitrogens with one attached hydrogen (secondary N) is 1. The molecule has 1 aromatic heterocycles. The largest absolute Gasteiger partial charge is 0.346 e. The van der Waals surface area contributed by atoms with Crippen LogP contribution in [0.15, 0.2) is 23.6 Å². The Morgan fingerprint density at radius 2 is 2.29 bits per heavy atom. The Morgan fingerprint density at radius 1 is 1.52 bits per heavy atom. The SMILES string of the molecule is CCc1nc(CNC(=O)c2cc(Cl)ccc2[N+](=O)[O-])cs1. The van der Waals surface area contributed by atoms with Gasteiger partial charge in [-0.05, 0) is 18.6 Å². The third kappa shape index (κ3) is 3.77. The van der Waals surface area contributed by atoms with Gasteiger partial charge in [-0.15, -0.1) is 11.3 Å². The van der Waals surface area contributed by atoms with E-state index >= 15 is 0 Å². The summed E-state index contributed by atoms with van der Waals surface area (Å²) in [6, 6.07) is 3.88. The zero-order valence-electron chi connectivity index (χ0n) is 11.1. The first kappa shape index (κ1) is 15.4. The van der Waals surface area contributed by atoms with Gasteiger partial charge in [0.25, 0.3) is 11.6 Å². The number of benzene rings is 1. The van der Waals surface area contributed by atoms with Crippen LogP contribution >= 0.6 is 22.9 Å². The first-order valence-electron chi connectivity index (χ1n) is 6.16. The highest BCUT2D eigenvalue weighted by Gasteiger charge is 2.20. The smallest absolute Gasteiger partial charge is 0.282 e. The average Bonchev–Trinajstić information content (AvgIpc) is 2.92. The van der Waals surface area contributed by atoms with Crippen LogP contribution in [0.25, 0.3) is 0 Å². The normalized spacial score (nSPS) is 10.4. The van der Waals surface area contributed by atoms with Gasteiger partial charge < -0.3 is 5.32 Å². The second kappa shape index (κ2) is 6.64. The maximum absolute atomic E-state index is 12.1. The Kier molecular flexibility index (Phi) is 4.87. The van der Waals surface area contributed by atoms with E-state index in [4.69, 9.17) is 11.6 Å². The lowest BCUT2D eigenvalue weighted by molar-refractivity contribution is -0.385. The van der Waals surface area contributed by atoms with Crippen LogP contribution in [0.5, 0.6) is 0 Å². The predicted octanol–water partition coefficient (Wildman–Crippen LogP) is 3.20. The lowest BCUT2D eigenvalue weighted by Gasteiger charge is -2.05. The number of carbonyl (C=O) groups is 1. The monoisotopic (exact) mass is 325 g/mol. The Hall–Kier alpha value is -1.99. The van der Waals surface area contributed by atoms with E-state index in [0.29, 0.717) is 0 Å². The van der Waals surface area contributed by atoms with Gasteiger partial charge in [0.1, 0.15) is 5.56 Å². The number of amides is 1. The Bertz CT molecular complexity index is 687. The lowest BCUT2D eigenvalue weighted by atomic mass is 10.1. The topological polar surface area (TPSA) is 85.1 Å². The summed E-state index contributed by atoms with van der Waals surface area (Å²) >= 11 is 7.31. The van der Waals surface area contributed by atoms with E-state index in [1.807, 2.05) is 12.3 Å². The Labute approximate surface area is 129 Å². The van der Waals surface area contributed by atoms with E-state index in [1.54, 1.807) is 0 Å². The van der Waals surface area contributed by atoms with Gasteiger partial charge in [0.15, 0.2) is 0 Å². The van der Waals surface area contributed by atoms with Crippen molar-refractivity contribution < 1.29 is 9.72 Å². The van der Waals surface area contributed by atoms with Crippen molar-refractivity contribution in [3.05, 3.63) is 55.0 Å². The molecule has 110 valence electrons. The van der Waals surface area contributed by atoms with Gasteiger partial charge in [-0.3, -0.25) is 14.9 Å². The van der Waals surface area contributed by atoms with Crippen molar-refractivity contribution in [1.82, 2.24) is 10.3 Å². The number of halogens is 1. The molecule has 0 aliphatic carbocycles. The number of aryl methyl sites for hydroxylation is 1. The fraction of sp³-hybridized carbons (Fsp3) is 0.231. The first-order valence-corrected chi connectivity index (χ1v) is 7.42. The van der Waals surface area contributed by atoms with Crippen molar-refractivity contribution in [2.75, 3.05) is 0 Å². The number of aromatic nitrogens is 1. The van der Waals surface area contributed by atoms with E-state index in [2.05, 4.69) is 10.3 Å². The van der Waals surface area contributed by atoms with Crippen molar-refractivity contribution in [2.24, 2.45) is 0 Å². The van der Waals surface area contributed by atoms with Crippen molar-refractivity contribution in [3.63, 3.8) is 0 Å². The van der Waals surface area contributed by atoms with Gasteiger partial charge in [-0.2, -0.15) is 0 Å². The summed E-state index contributed by atoms with van der Waals surface area (Å²) in [6.45, 7) is 2.22. The van der Waals surface area contributed by atoms with Crippen LogP contribution in [-0.4, -0.2) is 15.8 Å². The molecule has 1 N–H and O–H groups in total. The highest BCUT2D eigenvalue weighted by molar-refractivity contribution is 7.09. The number of nitro benzene ring substituents is 1. The van der Waals surface area contributed by atoms with Crippen molar-refractivity contribution in [2.45, 2.75) is 19.9 Å². The van der Waals surface area contributed by atoms with Crippen molar-refractivity contribution >= 4 is 34.5 Å². The zero-order valence-corrected chi connectivity index (χ0v) is 12.7. The predicted molar refractivity (Wildman–Crippen MR) is 80.8 cm³/mol. The fourth-order valence-electron chi connectivity index (χ4n) is 1.71. The lowest BCUT2D eigenvalue weighted by Crippen LogP contribution is -2.23. The van der Waals surface area contributed by atoms with E-state index < -0.39 is 10.8 Å². The second-order valence-corrected chi connectivity index (χ2v) is 5.57. The zero-order chi connectivity index (χ0) is 15.4. The van der Waals surface area contributed by atoms with Crippen LogP contribution in [-0.2, 0) is 13.0 Å². The molecular formula is C13H12ClN3O3S. The third-order valence-corrected chi connectivity index (χ3v) is 4.01. The van der Waals surface area contributed by atoms with E-state index in [9.17, 15) is 14.9 Å². The molecule has 8 heteroatoms. The molecule has 0 radical (unpaired) electrons. The van der Waals surface area contributed by atoms with Crippen molar-refractivity contribution in [1.29, 1.82) is 0 Å². The molecule has 6 nitrogen and oxygen atoms in total. The van der Waals surface area contributed by atoms with Gasteiger partial charge >= 0.3 is 0 Å². The van der Waals surface area contributed by atoms with Gasteiger partial charge in [-0.1, -0.05) is 18.5 Å². The van der Waals surface area contributed by atoms with Crippen LogP contribution in [0.4, 0.5) is 5.69 Å². The summed E-state index contributed by atoms with van der Waals surface area (Å²) in [7, 11) is 0. The first-order chi connectivity index (χ1) is 10.0. The van der Waals surface area contributed by atoms with Gasteiger partial charge in [0, 0.05) is 16.5 Å². The molecule has 1 heterocycles. The van der Waals surface area contributed by atoms with Gasteiger partial charge in [-0.25, -0.2) is 4.98 Å². The third-order valence-electron chi connectivity index (χ3n) is 2.73. The number of rotatable bonds is 5. The highest BCUT2D eigenvalue weighted by atomic mass is 35.5. The molecule has 0 spiro atoms. The molecule has 2 aromatic rings. The molecule has 0 saturated heterocycles. The Balaban J connectivity index is 2.13. The van der Waals surface area contributed by atoms with E-state index in [-0.39, 0.29) is 22.8 Å². The molecule has 21 heavy (non-hydrogen) atoms. The van der Waals surface area contributed by atoms with Crippen LogP contribution in [0, 0.1) is 10.1 Å². The Morgan fingerprint density at radius 3 is 2.90 bits per heavy atom. The fourth-order valence-corrected chi connectivity index (χ4v) is 2.62. The minimum absolute atomic E-state index is 0.0570. The number of hydrogen-bond donors (Lipinski definition) is 1. The number of thiazole rings is 1. The number of hydrogen-bond acceptors (Lipinski definition) is 5. The standard InChI is InChI=1S/C13H12ClN3O3S/c1-2-12-16-9(7-21-12)6-15-13(18)10-5-8(14)3-4-11(10)17(19)20/h3-5,7H,2,6H2,1H3,(H,15,18). The highest BCUT2D eigenvalue weighted by Crippen LogP contribution is 2.22. The molecular weight excluding hydrogens is 314 g/mol. The summed E-state index contributed by atoms with van der Waals surface area (Å²) < 4.78 is 0. The van der Waals surface area contributed by atoms with Crippen LogP contribution in [0.2, 0.25) is 5.02 Å². The average molecular weight is 326 g/mol. The summed E-state index contributed by atoms with van der Waals surface area (Å²) in [4.78, 5) is 26.7. The minimum atomic E-state index is -0.608. The molecule has 0 aliphatic rings. The molecule has 0 fully saturated rings. The molecule has 0 unspecified atom stereocenters. The summed E-state index contributed by atoms with van der Waals surface area (Å²) in [5.74, 6) is -0.546.